The predicted molar refractivity (Wildman–Crippen MR) is 110 cm³/mol. The number of carbonyl (C=O) groups excluding carboxylic acids is 1. The third-order valence-corrected chi connectivity index (χ3v) is 4.69. The molecule has 2 atom stereocenters. The van der Waals surface area contributed by atoms with E-state index in [9.17, 15) is 4.79 Å². The van der Waals surface area contributed by atoms with Crippen molar-refractivity contribution >= 4 is 5.91 Å². The molecule has 3 rings (SSSR count). The lowest BCUT2D eigenvalue weighted by Gasteiger charge is -2.21. The Bertz CT molecular complexity index is 845. The number of aryl methyl sites for hydroxylation is 1. The quantitative estimate of drug-likeness (QED) is 0.650. The SMILES string of the molecule is Cc1ccc([C@H](NCC(=O)N[C@@H](C)c2ccccc2)c2ccccc2)cc1. The highest BCUT2D eigenvalue weighted by atomic mass is 16.1. The van der Waals surface area contributed by atoms with Crippen LogP contribution in [0.3, 0.4) is 0 Å². The van der Waals surface area contributed by atoms with Crippen molar-refractivity contribution in [3.05, 3.63) is 107 Å². The van der Waals surface area contributed by atoms with E-state index >= 15 is 0 Å². The van der Waals surface area contributed by atoms with Crippen LogP contribution in [0.15, 0.2) is 84.9 Å². The number of carbonyl (C=O) groups is 1. The van der Waals surface area contributed by atoms with Crippen molar-refractivity contribution in [1.29, 1.82) is 0 Å². The van der Waals surface area contributed by atoms with Crippen LogP contribution in [0.5, 0.6) is 0 Å². The maximum Gasteiger partial charge on any atom is 0.234 e. The summed E-state index contributed by atoms with van der Waals surface area (Å²) in [7, 11) is 0. The minimum atomic E-state index is -0.0235. The molecular weight excluding hydrogens is 332 g/mol. The maximum absolute atomic E-state index is 12.5. The molecule has 0 aliphatic heterocycles. The molecule has 3 aromatic carbocycles. The van der Waals surface area contributed by atoms with Crippen molar-refractivity contribution in [1.82, 2.24) is 10.6 Å². The van der Waals surface area contributed by atoms with Crippen molar-refractivity contribution < 1.29 is 4.79 Å². The van der Waals surface area contributed by atoms with Gasteiger partial charge in [0.25, 0.3) is 0 Å². The zero-order valence-corrected chi connectivity index (χ0v) is 15.9. The lowest BCUT2D eigenvalue weighted by Crippen LogP contribution is -2.37. The molecule has 1 amide bonds. The van der Waals surface area contributed by atoms with Gasteiger partial charge in [0.05, 0.1) is 18.6 Å². The van der Waals surface area contributed by atoms with E-state index in [0.717, 1.165) is 16.7 Å². The van der Waals surface area contributed by atoms with E-state index in [1.807, 2.05) is 55.5 Å². The Kier molecular flexibility index (Phi) is 6.39. The summed E-state index contributed by atoms with van der Waals surface area (Å²) < 4.78 is 0. The summed E-state index contributed by atoms with van der Waals surface area (Å²) in [5.74, 6) is -0.0144. The summed E-state index contributed by atoms with van der Waals surface area (Å²) >= 11 is 0. The smallest absolute Gasteiger partial charge is 0.234 e. The molecule has 0 aliphatic rings. The first kappa shape index (κ1) is 18.9. The third-order valence-electron chi connectivity index (χ3n) is 4.69. The van der Waals surface area contributed by atoms with Crippen molar-refractivity contribution in [3.8, 4) is 0 Å². The normalized spacial score (nSPS) is 13.0. The number of benzene rings is 3. The predicted octanol–water partition coefficient (Wildman–Crippen LogP) is 4.55. The fourth-order valence-electron chi connectivity index (χ4n) is 3.14. The number of amides is 1. The summed E-state index contributed by atoms with van der Waals surface area (Å²) in [5, 5.41) is 6.48. The van der Waals surface area contributed by atoms with Gasteiger partial charge in [-0.05, 0) is 30.5 Å². The fraction of sp³-hybridized carbons (Fsp3) is 0.208. The first-order valence-corrected chi connectivity index (χ1v) is 9.32. The van der Waals surface area contributed by atoms with E-state index in [0.29, 0.717) is 0 Å². The lowest BCUT2D eigenvalue weighted by atomic mass is 9.98. The van der Waals surface area contributed by atoms with Gasteiger partial charge in [-0.15, -0.1) is 0 Å². The van der Waals surface area contributed by atoms with Gasteiger partial charge in [0.2, 0.25) is 5.91 Å². The van der Waals surface area contributed by atoms with Crippen LogP contribution >= 0.6 is 0 Å². The molecule has 0 bridgehead atoms. The standard InChI is InChI=1S/C24H26N2O/c1-18-13-15-22(16-14-18)24(21-11-7-4-8-12-21)25-17-23(27)26-19(2)20-9-5-3-6-10-20/h3-16,19,24-25H,17H2,1-2H3,(H,26,27)/t19-,24+/m0/s1. The molecule has 3 nitrogen and oxygen atoms in total. The maximum atomic E-state index is 12.5. The largest absolute Gasteiger partial charge is 0.348 e. The van der Waals surface area contributed by atoms with Crippen LogP contribution in [0.25, 0.3) is 0 Å². The fourth-order valence-corrected chi connectivity index (χ4v) is 3.14. The first-order valence-electron chi connectivity index (χ1n) is 9.32. The van der Waals surface area contributed by atoms with E-state index in [2.05, 4.69) is 54.0 Å². The van der Waals surface area contributed by atoms with E-state index in [1.54, 1.807) is 0 Å². The highest BCUT2D eigenvalue weighted by Gasteiger charge is 2.16. The Hall–Kier alpha value is -2.91. The van der Waals surface area contributed by atoms with Gasteiger partial charge in [0, 0.05) is 0 Å². The Morgan fingerprint density at radius 1 is 0.778 bits per heavy atom. The Balaban J connectivity index is 1.67. The van der Waals surface area contributed by atoms with Crippen molar-refractivity contribution in [3.63, 3.8) is 0 Å². The molecule has 0 saturated carbocycles. The summed E-state index contributed by atoms with van der Waals surface area (Å²) in [6.07, 6.45) is 0. The number of nitrogens with one attached hydrogen (secondary N) is 2. The minimum absolute atomic E-state index is 0.0144. The molecule has 3 heteroatoms. The second-order valence-corrected chi connectivity index (χ2v) is 6.84. The monoisotopic (exact) mass is 358 g/mol. The summed E-state index contributed by atoms with van der Waals surface area (Å²) in [6.45, 7) is 4.33. The molecule has 27 heavy (non-hydrogen) atoms. The summed E-state index contributed by atoms with van der Waals surface area (Å²) in [5.41, 5.74) is 4.62. The van der Waals surface area contributed by atoms with Crippen LogP contribution in [0, 0.1) is 6.92 Å². The summed E-state index contributed by atoms with van der Waals surface area (Å²) in [6, 6.07) is 28.6. The van der Waals surface area contributed by atoms with Crippen LogP contribution < -0.4 is 10.6 Å². The molecule has 0 spiro atoms. The minimum Gasteiger partial charge on any atom is -0.348 e. The highest BCUT2D eigenvalue weighted by Crippen LogP contribution is 2.22. The summed E-state index contributed by atoms with van der Waals surface area (Å²) in [4.78, 5) is 12.5. The molecule has 0 aromatic heterocycles. The zero-order valence-electron chi connectivity index (χ0n) is 15.9. The van der Waals surface area contributed by atoms with Crippen LogP contribution in [0.2, 0.25) is 0 Å². The Morgan fingerprint density at radius 2 is 1.30 bits per heavy atom. The topological polar surface area (TPSA) is 41.1 Å². The van der Waals surface area contributed by atoms with E-state index < -0.39 is 0 Å². The van der Waals surface area contributed by atoms with E-state index in [-0.39, 0.29) is 24.5 Å². The third kappa shape index (κ3) is 5.28. The molecule has 3 aromatic rings. The van der Waals surface area contributed by atoms with Crippen LogP contribution in [0.1, 0.15) is 41.3 Å². The van der Waals surface area contributed by atoms with Gasteiger partial charge >= 0.3 is 0 Å². The molecule has 0 aliphatic carbocycles. The number of hydrogen-bond acceptors (Lipinski definition) is 2. The van der Waals surface area contributed by atoms with Crippen molar-refractivity contribution in [2.75, 3.05) is 6.54 Å². The van der Waals surface area contributed by atoms with E-state index in [4.69, 9.17) is 0 Å². The zero-order chi connectivity index (χ0) is 19.1. The average molecular weight is 358 g/mol. The number of rotatable bonds is 7. The lowest BCUT2D eigenvalue weighted by molar-refractivity contribution is -0.121. The van der Waals surface area contributed by atoms with Crippen molar-refractivity contribution in [2.24, 2.45) is 0 Å². The Labute approximate surface area is 161 Å². The van der Waals surface area contributed by atoms with Crippen LogP contribution in [-0.2, 0) is 4.79 Å². The molecule has 138 valence electrons. The Morgan fingerprint density at radius 3 is 1.89 bits per heavy atom. The average Bonchev–Trinajstić information content (AvgIpc) is 2.71. The second-order valence-electron chi connectivity index (χ2n) is 6.84. The van der Waals surface area contributed by atoms with Gasteiger partial charge in [0.1, 0.15) is 0 Å². The van der Waals surface area contributed by atoms with Gasteiger partial charge < -0.3 is 5.32 Å². The molecule has 2 N–H and O–H groups in total. The molecule has 0 radical (unpaired) electrons. The second kappa shape index (κ2) is 9.15. The van der Waals surface area contributed by atoms with Crippen LogP contribution in [-0.4, -0.2) is 12.5 Å². The first-order chi connectivity index (χ1) is 13.1. The van der Waals surface area contributed by atoms with Crippen LogP contribution in [0.4, 0.5) is 0 Å². The van der Waals surface area contributed by atoms with Gasteiger partial charge in [0.15, 0.2) is 0 Å². The molecule has 0 heterocycles. The highest BCUT2D eigenvalue weighted by molar-refractivity contribution is 5.78. The van der Waals surface area contributed by atoms with Gasteiger partial charge in [-0.1, -0.05) is 90.5 Å². The molecule has 0 unspecified atom stereocenters. The number of hydrogen-bond donors (Lipinski definition) is 2. The van der Waals surface area contributed by atoms with Gasteiger partial charge in [-0.3, -0.25) is 10.1 Å². The molecular formula is C24H26N2O. The molecule has 0 saturated heterocycles. The molecule has 0 fully saturated rings. The van der Waals surface area contributed by atoms with E-state index in [1.165, 1.54) is 5.56 Å². The van der Waals surface area contributed by atoms with Gasteiger partial charge in [-0.25, -0.2) is 0 Å². The van der Waals surface area contributed by atoms with Gasteiger partial charge in [-0.2, -0.15) is 0 Å². The van der Waals surface area contributed by atoms with Crippen molar-refractivity contribution in [2.45, 2.75) is 25.9 Å².